The molecule has 0 aliphatic rings. The van der Waals surface area contributed by atoms with E-state index in [1.807, 2.05) is 20.8 Å². The molecule has 0 saturated heterocycles. The molecular weight excluding hydrogens is 275 g/mol. The van der Waals surface area contributed by atoms with Crippen LogP contribution in [-0.4, -0.2) is 15.1 Å². The maximum atomic E-state index is 6.00. The Balaban J connectivity index is 2.26. The Bertz CT molecular complexity index is 551. The lowest BCUT2D eigenvalue weighted by molar-refractivity contribution is 0.392. The van der Waals surface area contributed by atoms with Crippen molar-refractivity contribution in [3.8, 4) is 0 Å². The average molecular weight is 287 g/mol. The first-order valence-electron chi connectivity index (χ1n) is 5.36. The van der Waals surface area contributed by atoms with Crippen LogP contribution in [0.1, 0.15) is 30.0 Å². The van der Waals surface area contributed by atoms with Crippen LogP contribution < -0.4 is 5.32 Å². The minimum atomic E-state index is -0.0419. The summed E-state index contributed by atoms with van der Waals surface area (Å²) in [4.78, 5) is 7.84. The van der Waals surface area contributed by atoms with Crippen molar-refractivity contribution < 1.29 is 4.52 Å². The van der Waals surface area contributed by atoms with E-state index in [4.69, 9.17) is 27.7 Å². The topological polar surface area (TPSA) is 63.8 Å². The van der Waals surface area contributed by atoms with E-state index in [1.165, 1.54) is 6.20 Å². The fourth-order valence-electron chi connectivity index (χ4n) is 1.83. The third kappa shape index (κ3) is 2.57. The van der Waals surface area contributed by atoms with Gasteiger partial charge in [-0.3, -0.25) is 0 Å². The molecule has 96 valence electrons. The predicted molar refractivity (Wildman–Crippen MR) is 70.1 cm³/mol. The molecule has 0 bridgehead atoms. The van der Waals surface area contributed by atoms with Crippen molar-refractivity contribution in [3.05, 3.63) is 33.5 Å². The molecule has 1 atom stereocenters. The largest absolute Gasteiger partial charge is 0.362 e. The molecule has 0 radical (unpaired) electrons. The Morgan fingerprint density at radius 3 is 2.67 bits per heavy atom. The van der Waals surface area contributed by atoms with Crippen LogP contribution in [0.5, 0.6) is 0 Å². The van der Waals surface area contributed by atoms with Gasteiger partial charge in [-0.1, -0.05) is 16.8 Å². The first-order chi connectivity index (χ1) is 8.49. The number of anilines is 1. The molecule has 0 aliphatic carbocycles. The summed E-state index contributed by atoms with van der Waals surface area (Å²) in [5, 5.41) is 7.64. The predicted octanol–water partition coefficient (Wildman–Crippen LogP) is 3.56. The van der Waals surface area contributed by atoms with Crippen LogP contribution in [-0.2, 0) is 0 Å². The van der Waals surface area contributed by atoms with Gasteiger partial charge in [-0.25, -0.2) is 4.98 Å². The van der Waals surface area contributed by atoms with Crippen molar-refractivity contribution >= 4 is 29.0 Å². The van der Waals surface area contributed by atoms with Crippen LogP contribution >= 0.6 is 23.2 Å². The van der Waals surface area contributed by atoms with E-state index in [1.54, 1.807) is 0 Å². The van der Waals surface area contributed by atoms with E-state index < -0.39 is 0 Å². The lowest BCUT2D eigenvalue weighted by Crippen LogP contribution is -2.10. The molecule has 0 fully saturated rings. The number of hydrogen-bond acceptors (Lipinski definition) is 5. The van der Waals surface area contributed by atoms with Gasteiger partial charge in [0.15, 0.2) is 0 Å². The normalized spacial score (nSPS) is 12.5. The van der Waals surface area contributed by atoms with Crippen LogP contribution in [0.15, 0.2) is 10.7 Å². The van der Waals surface area contributed by atoms with Crippen molar-refractivity contribution in [2.75, 3.05) is 5.32 Å². The average Bonchev–Trinajstić information content (AvgIpc) is 2.63. The van der Waals surface area contributed by atoms with Gasteiger partial charge in [0, 0.05) is 5.56 Å². The van der Waals surface area contributed by atoms with E-state index in [9.17, 15) is 0 Å². The molecule has 0 amide bonds. The van der Waals surface area contributed by atoms with Gasteiger partial charge in [0.05, 0.1) is 17.9 Å². The maximum absolute atomic E-state index is 6.00. The Hall–Kier alpha value is -1.33. The lowest BCUT2D eigenvalue weighted by atomic mass is 10.1. The molecule has 1 unspecified atom stereocenters. The van der Waals surface area contributed by atoms with Crippen molar-refractivity contribution in [3.63, 3.8) is 0 Å². The second-order valence-corrected chi connectivity index (χ2v) is 4.68. The molecule has 0 aromatic carbocycles. The zero-order valence-corrected chi connectivity index (χ0v) is 11.7. The highest BCUT2D eigenvalue weighted by Crippen LogP contribution is 2.27. The minimum Gasteiger partial charge on any atom is -0.362 e. The van der Waals surface area contributed by atoms with Crippen molar-refractivity contribution in [2.45, 2.75) is 26.8 Å². The van der Waals surface area contributed by atoms with E-state index >= 15 is 0 Å². The Morgan fingerprint density at radius 2 is 2.06 bits per heavy atom. The zero-order chi connectivity index (χ0) is 13.3. The first kappa shape index (κ1) is 13.1. The standard InChI is InChI=1S/C11H12Cl2N4O/c1-5(9-6(2)17-18-7(9)3)15-10-8(12)4-14-11(13)16-10/h4-5H,1-3H3,(H,14,15,16). The fourth-order valence-corrected chi connectivity index (χ4v) is 2.11. The fraction of sp³-hybridized carbons (Fsp3) is 0.364. The molecule has 0 aliphatic heterocycles. The van der Waals surface area contributed by atoms with E-state index in [-0.39, 0.29) is 11.3 Å². The molecule has 5 nitrogen and oxygen atoms in total. The van der Waals surface area contributed by atoms with Gasteiger partial charge in [0.25, 0.3) is 0 Å². The summed E-state index contributed by atoms with van der Waals surface area (Å²) in [7, 11) is 0. The van der Waals surface area contributed by atoms with Gasteiger partial charge >= 0.3 is 0 Å². The second-order valence-electron chi connectivity index (χ2n) is 3.94. The number of hydrogen-bond donors (Lipinski definition) is 1. The Labute approximate surface area is 115 Å². The van der Waals surface area contributed by atoms with Crippen LogP contribution in [0.25, 0.3) is 0 Å². The van der Waals surface area contributed by atoms with Crippen LogP contribution in [0.2, 0.25) is 10.3 Å². The molecule has 1 N–H and O–H groups in total. The number of nitrogens with one attached hydrogen (secondary N) is 1. The summed E-state index contributed by atoms with van der Waals surface area (Å²) in [6.45, 7) is 5.72. The van der Waals surface area contributed by atoms with Crippen molar-refractivity contribution in [1.29, 1.82) is 0 Å². The third-order valence-corrected chi connectivity index (χ3v) is 3.05. The number of halogens is 2. The van der Waals surface area contributed by atoms with E-state index in [0.717, 1.165) is 17.0 Å². The van der Waals surface area contributed by atoms with Gasteiger partial charge in [-0.05, 0) is 32.4 Å². The SMILES string of the molecule is Cc1noc(C)c1C(C)Nc1nc(Cl)ncc1Cl. The lowest BCUT2D eigenvalue weighted by Gasteiger charge is -2.15. The van der Waals surface area contributed by atoms with E-state index in [2.05, 4.69) is 20.4 Å². The second kappa shape index (κ2) is 5.12. The highest BCUT2D eigenvalue weighted by atomic mass is 35.5. The molecule has 0 spiro atoms. The molecule has 2 aromatic rings. The van der Waals surface area contributed by atoms with Crippen LogP contribution in [0.4, 0.5) is 5.82 Å². The van der Waals surface area contributed by atoms with Gasteiger partial charge in [-0.2, -0.15) is 4.98 Å². The minimum absolute atomic E-state index is 0.0419. The molecule has 2 heterocycles. The monoisotopic (exact) mass is 286 g/mol. The van der Waals surface area contributed by atoms with Gasteiger partial charge < -0.3 is 9.84 Å². The number of nitrogens with zero attached hydrogens (tertiary/aromatic N) is 3. The van der Waals surface area contributed by atoms with Gasteiger partial charge in [0.2, 0.25) is 5.28 Å². The number of aryl methyl sites for hydroxylation is 2. The highest BCUT2D eigenvalue weighted by Gasteiger charge is 2.17. The first-order valence-corrected chi connectivity index (χ1v) is 6.12. The smallest absolute Gasteiger partial charge is 0.224 e. The van der Waals surface area contributed by atoms with Crippen LogP contribution in [0.3, 0.4) is 0 Å². The van der Waals surface area contributed by atoms with Crippen LogP contribution in [0, 0.1) is 13.8 Å². The van der Waals surface area contributed by atoms with E-state index in [0.29, 0.717) is 10.8 Å². The summed E-state index contributed by atoms with van der Waals surface area (Å²) < 4.78 is 5.13. The molecule has 2 rings (SSSR count). The summed E-state index contributed by atoms with van der Waals surface area (Å²) in [5.74, 6) is 1.26. The maximum Gasteiger partial charge on any atom is 0.224 e. The quantitative estimate of drug-likeness (QED) is 0.874. The zero-order valence-electron chi connectivity index (χ0n) is 10.2. The molecule has 0 saturated carbocycles. The van der Waals surface area contributed by atoms with Gasteiger partial charge in [0.1, 0.15) is 16.6 Å². The number of rotatable bonds is 3. The number of aromatic nitrogens is 3. The summed E-state index contributed by atoms with van der Waals surface area (Å²) >= 11 is 11.7. The Morgan fingerprint density at radius 1 is 1.33 bits per heavy atom. The molecular formula is C11H12Cl2N4O. The Kier molecular flexibility index (Phi) is 3.73. The highest BCUT2D eigenvalue weighted by molar-refractivity contribution is 6.33. The molecule has 7 heteroatoms. The molecule has 18 heavy (non-hydrogen) atoms. The van der Waals surface area contributed by atoms with Crippen molar-refractivity contribution in [2.24, 2.45) is 0 Å². The molecule has 2 aromatic heterocycles. The summed E-state index contributed by atoms with van der Waals surface area (Å²) in [6.07, 6.45) is 1.46. The van der Waals surface area contributed by atoms with Crippen molar-refractivity contribution in [1.82, 2.24) is 15.1 Å². The van der Waals surface area contributed by atoms with Gasteiger partial charge in [-0.15, -0.1) is 0 Å². The summed E-state index contributed by atoms with van der Waals surface area (Å²) in [6, 6.07) is -0.0419. The summed E-state index contributed by atoms with van der Waals surface area (Å²) in [5.41, 5.74) is 1.82. The third-order valence-electron chi connectivity index (χ3n) is 2.59.